The van der Waals surface area contributed by atoms with Crippen LogP contribution in [0, 0.1) is 0 Å². The molecule has 1 rings (SSSR count). The fourth-order valence-electron chi connectivity index (χ4n) is 1.48. The highest BCUT2D eigenvalue weighted by atomic mass is 16.5. The van der Waals surface area contributed by atoms with E-state index in [1.807, 2.05) is 13.8 Å². The Morgan fingerprint density at radius 2 is 2.05 bits per heavy atom. The molecule has 0 fully saturated rings. The van der Waals surface area contributed by atoms with Gasteiger partial charge in [-0.05, 0) is 13.8 Å². The van der Waals surface area contributed by atoms with Crippen molar-refractivity contribution in [3.8, 4) is 0 Å². The van der Waals surface area contributed by atoms with E-state index in [9.17, 15) is 9.59 Å². The number of ether oxygens (including phenoxy) is 1. The van der Waals surface area contributed by atoms with E-state index in [-0.39, 0.29) is 18.1 Å². The molecule has 1 heterocycles. The number of anilines is 1. The van der Waals surface area contributed by atoms with E-state index in [2.05, 4.69) is 20.0 Å². The molecule has 0 spiro atoms. The predicted octanol–water partition coefficient (Wildman–Crippen LogP) is 0.226. The number of rotatable bonds is 6. The number of amides is 1. The Hall–Kier alpha value is -2.18. The molecule has 0 unspecified atom stereocenters. The quantitative estimate of drug-likeness (QED) is 0.742. The maximum Gasteiger partial charge on any atom is 0.358 e. The molecule has 0 aliphatic heterocycles. The van der Waals surface area contributed by atoms with E-state index in [0.29, 0.717) is 18.9 Å². The summed E-state index contributed by atoms with van der Waals surface area (Å²) in [6.07, 6.45) is 2.79. The summed E-state index contributed by atoms with van der Waals surface area (Å²) in [6, 6.07) is 0. The Morgan fingerprint density at radius 1 is 1.32 bits per heavy atom. The molecule has 0 aliphatic carbocycles. The highest BCUT2D eigenvalue weighted by Gasteiger charge is 2.13. The van der Waals surface area contributed by atoms with Gasteiger partial charge in [-0.2, -0.15) is 0 Å². The smallest absolute Gasteiger partial charge is 0.358 e. The molecule has 0 atom stereocenters. The Labute approximate surface area is 112 Å². The molecule has 1 N–H and O–H groups in total. The van der Waals surface area contributed by atoms with Crippen LogP contribution in [0.2, 0.25) is 0 Å². The number of likely N-dealkylation sites (N-methyl/N-ethyl adjacent to an activating group) is 2. The summed E-state index contributed by atoms with van der Waals surface area (Å²) in [5.41, 5.74) is 0.139. The molecule has 0 aromatic carbocycles. The molecule has 19 heavy (non-hydrogen) atoms. The minimum absolute atomic E-state index is 0.0804. The predicted molar refractivity (Wildman–Crippen MR) is 69.9 cm³/mol. The molecule has 0 radical (unpaired) electrons. The minimum atomic E-state index is -0.536. The molecule has 7 nitrogen and oxygen atoms in total. The van der Waals surface area contributed by atoms with E-state index in [4.69, 9.17) is 0 Å². The van der Waals surface area contributed by atoms with Gasteiger partial charge in [-0.25, -0.2) is 14.8 Å². The summed E-state index contributed by atoms with van der Waals surface area (Å²) in [5.74, 6) is -0.0737. The summed E-state index contributed by atoms with van der Waals surface area (Å²) in [6.45, 7) is 5.18. The average Bonchev–Trinajstić information content (AvgIpc) is 2.44. The van der Waals surface area contributed by atoms with Crippen molar-refractivity contribution >= 4 is 17.7 Å². The molecule has 0 bridgehead atoms. The fourth-order valence-corrected chi connectivity index (χ4v) is 1.48. The van der Waals surface area contributed by atoms with Crippen LogP contribution in [0.4, 0.5) is 5.82 Å². The molecule has 1 aromatic rings. The number of hydrogen-bond acceptors (Lipinski definition) is 6. The molecule has 0 saturated carbocycles. The minimum Gasteiger partial charge on any atom is -0.464 e. The van der Waals surface area contributed by atoms with Crippen LogP contribution in [0.5, 0.6) is 0 Å². The largest absolute Gasteiger partial charge is 0.464 e. The number of carbonyl (C=O) groups excluding carboxylic acids is 2. The van der Waals surface area contributed by atoms with Gasteiger partial charge in [-0.3, -0.25) is 4.79 Å². The lowest BCUT2D eigenvalue weighted by Crippen LogP contribution is -2.37. The highest BCUT2D eigenvalue weighted by molar-refractivity contribution is 5.86. The van der Waals surface area contributed by atoms with Gasteiger partial charge in [0.15, 0.2) is 5.69 Å². The van der Waals surface area contributed by atoms with Crippen LogP contribution in [-0.2, 0) is 9.53 Å². The molecule has 7 heteroatoms. The van der Waals surface area contributed by atoms with Crippen molar-refractivity contribution in [1.82, 2.24) is 15.3 Å². The molecule has 104 valence electrons. The second-order valence-electron chi connectivity index (χ2n) is 3.72. The van der Waals surface area contributed by atoms with E-state index < -0.39 is 5.97 Å². The normalized spacial score (nSPS) is 9.84. The number of nitrogens with one attached hydrogen (secondary N) is 1. The lowest BCUT2D eigenvalue weighted by Gasteiger charge is -2.20. The van der Waals surface area contributed by atoms with Gasteiger partial charge in [0.1, 0.15) is 5.82 Å². The van der Waals surface area contributed by atoms with E-state index in [1.54, 1.807) is 4.90 Å². The Bertz CT molecular complexity index is 433. The van der Waals surface area contributed by atoms with Crippen molar-refractivity contribution in [3.05, 3.63) is 18.1 Å². The van der Waals surface area contributed by atoms with Crippen LogP contribution in [0.15, 0.2) is 12.4 Å². The molecule has 0 saturated heterocycles. The number of hydrogen-bond donors (Lipinski definition) is 1. The van der Waals surface area contributed by atoms with Crippen molar-refractivity contribution in [1.29, 1.82) is 0 Å². The van der Waals surface area contributed by atoms with E-state index >= 15 is 0 Å². The van der Waals surface area contributed by atoms with Gasteiger partial charge in [-0.1, -0.05) is 0 Å². The lowest BCUT2D eigenvalue weighted by atomic mass is 10.4. The second-order valence-corrected chi connectivity index (χ2v) is 3.72. The van der Waals surface area contributed by atoms with Gasteiger partial charge < -0.3 is 15.0 Å². The van der Waals surface area contributed by atoms with Gasteiger partial charge in [0.25, 0.3) is 0 Å². The maximum absolute atomic E-state index is 11.5. The molecular formula is C12H18N4O3. The molecule has 1 aromatic heterocycles. The molecule has 1 amide bonds. The number of nitrogens with zero attached hydrogens (tertiary/aromatic N) is 3. The first-order valence-corrected chi connectivity index (χ1v) is 6.04. The molecular weight excluding hydrogens is 248 g/mol. The van der Waals surface area contributed by atoms with Crippen LogP contribution in [0.1, 0.15) is 24.3 Å². The summed E-state index contributed by atoms with van der Waals surface area (Å²) < 4.78 is 4.54. The maximum atomic E-state index is 11.5. The first-order valence-electron chi connectivity index (χ1n) is 6.04. The zero-order valence-corrected chi connectivity index (χ0v) is 11.3. The van der Waals surface area contributed by atoms with Gasteiger partial charge >= 0.3 is 5.97 Å². The Kier molecular flexibility index (Phi) is 5.72. The zero-order valence-electron chi connectivity index (χ0n) is 11.3. The summed E-state index contributed by atoms with van der Waals surface area (Å²) in [7, 11) is 1.28. The number of methoxy groups -OCH3 is 1. The third-order valence-electron chi connectivity index (χ3n) is 2.45. The third-order valence-corrected chi connectivity index (χ3v) is 2.45. The van der Waals surface area contributed by atoms with Crippen LogP contribution in [0.3, 0.4) is 0 Å². The van der Waals surface area contributed by atoms with E-state index in [0.717, 1.165) is 0 Å². The Morgan fingerprint density at radius 3 is 2.53 bits per heavy atom. The summed E-state index contributed by atoms with van der Waals surface area (Å²) in [4.78, 5) is 32.6. The first kappa shape index (κ1) is 14.9. The molecule has 0 aliphatic rings. The monoisotopic (exact) mass is 266 g/mol. The van der Waals surface area contributed by atoms with Crippen LogP contribution in [-0.4, -0.2) is 48.6 Å². The SMILES string of the molecule is CCNC(=O)CN(CC)c1cnc(C(=O)OC)cn1. The van der Waals surface area contributed by atoms with Crippen molar-refractivity contribution in [3.63, 3.8) is 0 Å². The van der Waals surface area contributed by atoms with Crippen LogP contribution in [0.25, 0.3) is 0 Å². The van der Waals surface area contributed by atoms with Gasteiger partial charge in [0.2, 0.25) is 5.91 Å². The van der Waals surface area contributed by atoms with Crippen molar-refractivity contribution < 1.29 is 14.3 Å². The number of aromatic nitrogens is 2. The standard InChI is InChI=1S/C12H18N4O3/c1-4-13-11(17)8-16(5-2)10-7-14-9(6-15-10)12(18)19-3/h6-7H,4-5,8H2,1-3H3,(H,13,17). The van der Waals surface area contributed by atoms with Gasteiger partial charge in [-0.15, -0.1) is 0 Å². The number of esters is 1. The average molecular weight is 266 g/mol. The number of carbonyl (C=O) groups is 2. The highest BCUT2D eigenvalue weighted by Crippen LogP contribution is 2.08. The van der Waals surface area contributed by atoms with Crippen molar-refractivity contribution in [2.24, 2.45) is 0 Å². The summed E-state index contributed by atoms with van der Waals surface area (Å²) in [5, 5.41) is 2.72. The third kappa shape index (κ3) is 4.20. The fraction of sp³-hybridized carbons (Fsp3) is 0.500. The van der Waals surface area contributed by atoms with Crippen LogP contribution >= 0.6 is 0 Å². The van der Waals surface area contributed by atoms with Crippen molar-refractivity contribution in [2.75, 3.05) is 31.6 Å². The van der Waals surface area contributed by atoms with Gasteiger partial charge in [0.05, 0.1) is 26.0 Å². The second kappa shape index (κ2) is 7.30. The zero-order chi connectivity index (χ0) is 14.3. The summed E-state index contributed by atoms with van der Waals surface area (Å²) >= 11 is 0. The van der Waals surface area contributed by atoms with Crippen LogP contribution < -0.4 is 10.2 Å². The topological polar surface area (TPSA) is 84.4 Å². The van der Waals surface area contributed by atoms with Gasteiger partial charge in [0, 0.05) is 13.1 Å². The van der Waals surface area contributed by atoms with Crippen molar-refractivity contribution in [2.45, 2.75) is 13.8 Å². The lowest BCUT2D eigenvalue weighted by molar-refractivity contribution is -0.119. The Balaban J connectivity index is 2.76. The first-order chi connectivity index (χ1) is 9.12. The van der Waals surface area contributed by atoms with E-state index in [1.165, 1.54) is 19.5 Å².